The molecule has 0 aliphatic rings. The molecule has 0 unspecified atom stereocenters. The molecule has 0 saturated heterocycles. The average Bonchev–Trinajstić information content (AvgIpc) is 2.84. The normalized spacial score (nSPS) is 10.9. The monoisotopic (exact) mass is 397 g/mol. The van der Waals surface area contributed by atoms with E-state index in [0.717, 1.165) is 26.3 Å². The van der Waals surface area contributed by atoms with Gasteiger partial charge in [0.2, 0.25) is 0 Å². The Labute approximate surface area is 145 Å². The maximum absolute atomic E-state index is 6.09. The number of hydrogen-bond donors (Lipinski definition) is 0. The van der Waals surface area contributed by atoms with E-state index in [1.807, 2.05) is 24.3 Å². The molecule has 2 aromatic carbocycles. The van der Waals surface area contributed by atoms with Gasteiger partial charge >= 0.3 is 0 Å². The van der Waals surface area contributed by atoms with Crippen LogP contribution in [0, 0.1) is 6.92 Å². The van der Waals surface area contributed by atoms with E-state index < -0.39 is 0 Å². The molecule has 1 nitrogen and oxygen atoms in total. The first-order valence-electron chi connectivity index (χ1n) is 6.23. The zero-order valence-corrected chi connectivity index (χ0v) is 14.9. The van der Waals surface area contributed by atoms with Crippen molar-refractivity contribution < 1.29 is 0 Å². The third-order valence-electron chi connectivity index (χ3n) is 3.06. The SMILES string of the molecule is Cc1sc(-c2ccc(Cl)c(Cl)c2)nc1-c1cccc(Br)c1. The molecule has 1 aromatic heterocycles. The molecule has 0 atom stereocenters. The smallest absolute Gasteiger partial charge is 0.124 e. The van der Waals surface area contributed by atoms with Crippen molar-refractivity contribution in [3.05, 3.63) is 61.9 Å². The summed E-state index contributed by atoms with van der Waals surface area (Å²) < 4.78 is 1.04. The summed E-state index contributed by atoms with van der Waals surface area (Å²) in [6.07, 6.45) is 0. The van der Waals surface area contributed by atoms with E-state index in [4.69, 9.17) is 28.2 Å². The van der Waals surface area contributed by atoms with Gasteiger partial charge in [-0.3, -0.25) is 0 Å². The number of nitrogens with zero attached hydrogens (tertiary/aromatic N) is 1. The highest BCUT2D eigenvalue weighted by molar-refractivity contribution is 9.10. The van der Waals surface area contributed by atoms with E-state index in [0.29, 0.717) is 10.0 Å². The molecule has 0 aliphatic heterocycles. The van der Waals surface area contributed by atoms with Crippen molar-refractivity contribution in [3.63, 3.8) is 0 Å². The summed E-state index contributed by atoms with van der Waals surface area (Å²) in [5, 5.41) is 2.05. The molecule has 0 fully saturated rings. The number of hydrogen-bond acceptors (Lipinski definition) is 2. The molecule has 5 heteroatoms. The van der Waals surface area contributed by atoms with Crippen LogP contribution in [-0.2, 0) is 0 Å². The van der Waals surface area contributed by atoms with Gasteiger partial charge in [0, 0.05) is 20.5 Å². The third kappa shape index (κ3) is 3.16. The molecule has 0 spiro atoms. The van der Waals surface area contributed by atoms with Crippen LogP contribution in [0.4, 0.5) is 0 Å². The molecule has 106 valence electrons. The lowest BCUT2D eigenvalue weighted by atomic mass is 10.1. The molecular weight excluding hydrogens is 389 g/mol. The zero-order valence-electron chi connectivity index (χ0n) is 11.0. The van der Waals surface area contributed by atoms with Crippen LogP contribution >= 0.6 is 50.5 Å². The van der Waals surface area contributed by atoms with Crippen LogP contribution in [0.5, 0.6) is 0 Å². The van der Waals surface area contributed by atoms with Gasteiger partial charge < -0.3 is 0 Å². The minimum absolute atomic E-state index is 0.547. The summed E-state index contributed by atoms with van der Waals surface area (Å²) >= 11 is 17.2. The van der Waals surface area contributed by atoms with Gasteiger partial charge in [0.05, 0.1) is 15.7 Å². The Hall–Kier alpha value is -0.870. The molecule has 21 heavy (non-hydrogen) atoms. The van der Waals surface area contributed by atoms with Gasteiger partial charge in [0.25, 0.3) is 0 Å². The molecule has 0 N–H and O–H groups in total. The summed E-state index contributed by atoms with van der Waals surface area (Å²) in [5.41, 5.74) is 3.09. The molecule has 1 heterocycles. The molecular formula is C16H10BrCl2NS. The van der Waals surface area contributed by atoms with Crippen molar-refractivity contribution >= 4 is 50.5 Å². The first-order chi connectivity index (χ1) is 10.0. The van der Waals surface area contributed by atoms with Gasteiger partial charge in [-0.25, -0.2) is 4.98 Å². The minimum atomic E-state index is 0.547. The fourth-order valence-electron chi connectivity index (χ4n) is 2.05. The van der Waals surface area contributed by atoms with Crippen LogP contribution in [0.2, 0.25) is 10.0 Å². The van der Waals surface area contributed by atoms with Crippen molar-refractivity contribution in [3.8, 4) is 21.8 Å². The second-order valence-electron chi connectivity index (χ2n) is 4.56. The Morgan fingerprint density at radius 1 is 1.00 bits per heavy atom. The largest absolute Gasteiger partial charge is 0.236 e. The lowest BCUT2D eigenvalue weighted by Gasteiger charge is -2.00. The van der Waals surface area contributed by atoms with E-state index in [-0.39, 0.29) is 0 Å². The molecule has 3 rings (SSSR count). The first-order valence-corrected chi connectivity index (χ1v) is 8.60. The number of thiazole rings is 1. The lowest BCUT2D eigenvalue weighted by Crippen LogP contribution is -1.82. The maximum atomic E-state index is 6.09. The van der Waals surface area contributed by atoms with Crippen LogP contribution in [0.3, 0.4) is 0 Å². The number of halogens is 3. The zero-order chi connectivity index (χ0) is 15.0. The highest BCUT2D eigenvalue weighted by Gasteiger charge is 2.12. The number of aryl methyl sites for hydroxylation is 1. The Morgan fingerprint density at radius 2 is 1.81 bits per heavy atom. The van der Waals surface area contributed by atoms with E-state index in [9.17, 15) is 0 Å². The van der Waals surface area contributed by atoms with Gasteiger partial charge in [-0.15, -0.1) is 11.3 Å². The number of benzene rings is 2. The van der Waals surface area contributed by atoms with Crippen LogP contribution in [0.1, 0.15) is 4.88 Å². The van der Waals surface area contributed by atoms with E-state index in [1.54, 1.807) is 17.4 Å². The fourth-order valence-corrected chi connectivity index (χ4v) is 3.68. The average molecular weight is 399 g/mol. The van der Waals surface area contributed by atoms with Crippen LogP contribution in [0.15, 0.2) is 46.9 Å². The van der Waals surface area contributed by atoms with E-state index >= 15 is 0 Å². The summed E-state index contributed by atoms with van der Waals surface area (Å²) in [4.78, 5) is 5.93. The van der Waals surface area contributed by atoms with Gasteiger partial charge in [-0.05, 0) is 31.2 Å². The second kappa shape index (κ2) is 6.09. The lowest BCUT2D eigenvalue weighted by molar-refractivity contribution is 1.37. The summed E-state index contributed by atoms with van der Waals surface area (Å²) in [7, 11) is 0. The van der Waals surface area contributed by atoms with Crippen molar-refractivity contribution in [1.29, 1.82) is 0 Å². The molecule has 0 amide bonds. The summed E-state index contributed by atoms with van der Waals surface area (Å²) in [5.74, 6) is 0. The number of rotatable bonds is 2. The second-order valence-corrected chi connectivity index (χ2v) is 7.50. The Morgan fingerprint density at radius 3 is 2.52 bits per heavy atom. The molecule has 0 saturated carbocycles. The van der Waals surface area contributed by atoms with Crippen molar-refractivity contribution in [1.82, 2.24) is 4.98 Å². The van der Waals surface area contributed by atoms with Gasteiger partial charge in [-0.1, -0.05) is 57.3 Å². The summed E-state index contributed by atoms with van der Waals surface area (Å²) in [6.45, 7) is 2.08. The minimum Gasteiger partial charge on any atom is -0.236 e. The molecule has 0 bridgehead atoms. The Bertz CT molecular complexity index is 814. The van der Waals surface area contributed by atoms with E-state index in [2.05, 4.69) is 35.0 Å². The van der Waals surface area contributed by atoms with Crippen LogP contribution in [-0.4, -0.2) is 4.98 Å². The number of aromatic nitrogens is 1. The quantitative estimate of drug-likeness (QED) is 0.459. The standard InChI is InChI=1S/C16H10BrCl2NS/c1-9-15(10-3-2-4-12(17)7-10)20-16(21-9)11-5-6-13(18)14(19)8-11/h2-8H,1H3. The van der Waals surface area contributed by atoms with E-state index in [1.165, 1.54) is 4.88 Å². The Kier molecular flexibility index (Phi) is 4.36. The Balaban J connectivity index is 2.07. The van der Waals surface area contributed by atoms with Gasteiger partial charge in [-0.2, -0.15) is 0 Å². The molecule has 3 aromatic rings. The van der Waals surface area contributed by atoms with Gasteiger partial charge in [0.1, 0.15) is 5.01 Å². The van der Waals surface area contributed by atoms with Crippen molar-refractivity contribution in [2.24, 2.45) is 0 Å². The van der Waals surface area contributed by atoms with Crippen LogP contribution < -0.4 is 0 Å². The highest BCUT2D eigenvalue weighted by atomic mass is 79.9. The van der Waals surface area contributed by atoms with Crippen molar-refractivity contribution in [2.75, 3.05) is 0 Å². The van der Waals surface area contributed by atoms with Gasteiger partial charge in [0.15, 0.2) is 0 Å². The highest BCUT2D eigenvalue weighted by Crippen LogP contribution is 2.36. The first kappa shape index (κ1) is 15.0. The van der Waals surface area contributed by atoms with Crippen LogP contribution in [0.25, 0.3) is 21.8 Å². The predicted octanol–water partition coefficient (Wildman–Crippen LogP) is 6.85. The predicted molar refractivity (Wildman–Crippen MR) is 95.4 cm³/mol. The molecule has 0 aliphatic carbocycles. The maximum Gasteiger partial charge on any atom is 0.124 e. The summed E-state index contributed by atoms with van der Waals surface area (Å²) in [6, 6.07) is 13.7. The third-order valence-corrected chi connectivity index (χ3v) is 5.31. The van der Waals surface area contributed by atoms with Crippen molar-refractivity contribution in [2.45, 2.75) is 6.92 Å². The fraction of sp³-hybridized carbons (Fsp3) is 0.0625. The topological polar surface area (TPSA) is 12.9 Å². The molecule has 0 radical (unpaired) electrons.